The molecular weight excluding hydrogens is 330 g/mol. The van der Waals surface area contributed by atoms with Gasteiger partial charge in [0.25, 0.3) is 0 Å². The van der Waals surface area contributed by atoms with Crippen LogP contribution in [0.3, 0.4) is 0 Å². The summed E-state index contributed by atoms with van der Waals surface area (Å²) in [6, 6.07) is 7.92. The number of nitrogens with one attached hydrogen (secondary N) is 1. The summed E-state index contributed by atoms with van der Waals surface area (Å²) in [6.45, 7) is 5.50. The number of carbonyl (C=O) groups is 2. The Morgan fingerprint density at radius 1 is 1.19 bits per heavy atom. The molecule has 26 heavy (non-hydrogen) atoms. The third kappa shape index (κ3) is 4.29. The number of benzene rings is 1. The molecule has 2 aliphatic rings. The van der Waals surface area contributed by atoms with Crippen LogP contribution in [0.5, 0.6) is 5.75 Å². The molecule has 2 fully saturated rings. The highest BCUT2D eigenvalue weighted by Gasteiger charge is 2.36. The summed E-state index contributed by atoms with van der Waals surface area (Å²) >= 11 is 0. The minimum atomic E-state index is 0.0246. The molecule has 0 aliphatic carbocycles. The minimum absolute atomic E-state index is 0.0246. The first-order valence-electron chi connectivity index (χ1n) is 9.54. The van der Waals surface area contributed by atoms with Gasteiger partial charge in [-0.25, -0.2) is 4.79 Å². The Balaban J connectivity index is 1.61. The first-order chi connectivity index (χ1) is 12.6. The largest absolute Gasteiger partial charge is 0.497 e. The van der Waals surface area contributed by atoms with E-state index in [1.54, 1.807) is 7.11 Å². The molecule has 0 aromatic heterocycles. The number of piperidine rings is 1. The molecule has 6 heteroatoms. The van der Waals surface area contributed by atoms with Gasteiger partial charge in [0.05, 0.1) is 7.11 Å². The number of likely N-dealkylation sites (tertiary alicyclic amines) is 2. The summed E-state index contributed by atoms with van der Waals surface area (Å²) in [7, 11) is 1.65. The van der Waals surface area contributed by atoms with Crippen molar-refractivity contribution in [1.29, 1.82) is 0 Å². The molecule has 0 radical (unpaired) electrons. The second-order valence-corrected chi connectivity index (χ2v) is 7.25. The van der Waals surface area contributed by atoms with Gasteiger partial charge in [-0.3, -0.25) is 4.79 Å². The van der Waals surface area contributed by atoms with E-state index in [-0.39, 0.29) is 11.9 Å². The van der Waals surface area contributed by atoms with Crippen molar-refractivity contribution in [2.45, 2.75) is 32.7 Å². The Morgan fingerprint density at radius 2 is 1.92 bits per heavy atom. The SMILES string of the molecule is CCNC(=O)N1CCC2CC(=O)N(Cc3ccc(OC)cc3)CCC2C1. The Hall–Kier alpha value is -2.24. The molecule has 1 aromatic rings. The monoisotopic (exact) mass is 359 g/mol. The molecule has 3 amide bonds. The molecule has 6 nitrogen and oxygen atoms in total. The Labute approximate surface area is 155 Å². The van der Waals surface area contributed by atoms with Gasteiger partial charge in [0.2, 0.25) is 5.91 Å². The molecule has 2 heterocycles. The fourth-order valence-corrected chi connectivity index (χ4v) is 4.04. The normalized spacial score (nSPS) is 23.2. The van der Waals surface area contributed by atoms with E-state index in [1.165, 1.54) is 0 Å². The Kier molecular flexibility index (Phi) is 6.01. The van der Waals surface area contributed by atoms with Crippen LogP contribution in [0.1, 0.15) is 31.7 Å². The fourth-order valence-electron chi connectivity index (χ4n) is 4.04. The van der Waals surface area contributed by atoms with Crippen molar-refractivity contribution >= 4 is 11.9 Å². The van der Waals surface area contributed by atoms with Crippen molar-refractivity contribution in [1.82, 2.24) is 15.1 Å². The predicted molar refractivity (Wildman–Crippen MR) is 99.9 cm³/mol. The lowest BCUT2D eigenvalue weighted by Crippen LogP contribution is -2.48. The number of ether oxygens (including phenoxy) is 1. The quantitative estimate of drug-likeness (QED) is 0.898. The van der Waals surface area contributed by atoms with Crippen molar-refractivity contribution in [2.75, 3.05) is 33.3 Å². The molecule has 2 saturated heterocycles. The van der Waals surface area contributed by atoms with Crippen LogP contribution >= 0.6 is 0 Å². The summed E-state index contributed by atoms with van der Waals surface area (Å²) in [6.07, 6.45) is 2.48. The molecule has 2 aliphatic heterocycles. The average molecular weight is 359 g/mol. The van der Waals surface area contributed by atoms with Crippen molar-refractivity contribution < 1.29 is 14.3 Å². The number of hydrogen-bond acceptors (Lipinski definition) is 3. The molecule has 1 N–H and O–H groups in total. The lowest BCUT2D eigenvalue weighted by molar-refractivity contribution is -0.132. The van der Waals surface area contributed by atoms with Gasteiger partial charge in [-0.05, 0) is 49.3 Å². The first kappa shape index (κ1) is 18.5. The summed E-state index contributed by atoms with van der Waals surface area (Å²) < 4.78 is 5.19. The van der Waals surface area contributed by atoms with Gasteiger partial charge in [0.15, 0.2) is 0 Å². The maximum atomic E-state index is 12.7. The lowest BCUT2D eigenvalue weighted by Gasteiger charge is -2.37. The van der Waals surface area contributed by atoms with E-state index >= 15 is 0 Å². The van der Waals surface area contributed by atoms with E-state index in [0.717, 1.165) is 43.8 Å². The molecule has 0 spiro atoms. The van der Waals surface area contributed by atoms with Crippen molar-refractivity contribution in [2.24, 2.45) is 11.8 Å². The Bertz CT molecular complexity index is 632. The first-order valence-corrected chi connectivity index (χ1v) is 9.54. The number of rotatable bonds is 4. The summed E-state index contributed by atoms with van der Waals surface area (Å²) in [5.41, 5.74) is 1.12. The second kappa shape index (κ2) is 8.43. The van der Waals surface area contributed by atoms with E-state index in [0.29, 0.717) is 31.3 Å². The van der Waals surface area contributed by atoms with E-state index in [4.69, 9.17) is 4.74 Å². The highest BCUT2D eigenvalue weighted by Crippen LogP contribution is 2.33. The maximum Gasteiger partial charge on any atom is 0.317 e. The van der Waals surface area contributed by atoms with Crippen molar-refractivity contribution in [3.8, 4) is 5.75 Å². The number of nitrogens with zero attached hydrogens (tertiary/aromatic N) is 2. The van der Waals surface area contributed by atoms with Gasteiger partial charge in [-0.1, -0.05) is 12.1 Å². The third-order valence-electron chi connectivity index (χ3n) is 5.60. The number of amides is 3. The van der Waals surface area contributed by atoms with Gasteiger partial charge in [-0.15, -0.1) is 0 Å². The second-order valence-electron chi connectivity index (χ2n) is 7.25. The van der Waals surface area contributed by atoms with Crippen LogP contribution in [-0.2, 0) is 11.3 Å². The highest BCUT2D eigenvalue weighted by molar-refractivity contribution is 5.77. The molecule has 2 atom stereocenters. The fraction of sp³-hybridized carbons (Fsp3) is 0.600. The van der Waals surface area contributed by atoms with E-state index in [1.807, 2.05) is 41.0 Å². The van der Waals surface area contributed by atoms with Gasteiger partial charge in [0, 0.05) is 39.1 Å². The van der Waals surface area contributed by atoms with Crippen LogP contribution in [0.25, 0.3) is 0 Å². The average Bonchev–Trinajstić information content (AvgIpc) is 2.81. The number of hydrogen-bond donors (Lipinski definition) is 1. The molecule has 2 unspecified atom stereocenters. The van der Waals surface area contributed by atoms with Crippen LogP contribution in [0.2, 0.25) is 0 Å². The smallest absolute Gasteiger partial charge is 0.317 e. The summed E-state index contributed by atoms with van der Waals surface area (Å²) in [5, 5.41) is 2.89. The predicted octanol–water partition coefficient (Wildman–Crippen LogP) is 2.49. The number of fused-ring (bicyclic) bond motifs is 1. The summed E-state index contributed by atoms with van der Waals surface area (Å²) in [4.78, 5) is 28.7. The van der Waals surface area contributed by atoms with E-state index < -0.39 is 0 Å². The van der Waals surface area contributed by atoms with Crippen LogP contribution in [0.15, 0.2) is 24.3 Å². The van der Waals surface area contributed by atoms with Gasteiger partial charge in [0.1, 0.15) is 5.75 Å². The molecule has 0 saturated carbocycles. The minimum Gasteiger partial charge on any atom is -0.497 e. The third-order valence-corrected chi connectivity index (χ3v) is 5.60. The van der Waals surface area contributed by atoms with Crippen LogP contribution in [0, 0.1) is 11.8 Å². The summed E-state index contributed by atoms with van der Waals surface area (Å²) in [5.74, 6) is 1.87. The molecular formula is C20H29N3O3. The number of urea groups is 1. The van der Waals surface area contributed by atoms with Gasteiger partial charge >= 0.3 is 6.03 Å². The topological polar surface area (TPSA) is 61.9 Å². The lowest BCUT2D eigenvalue weighted by atomic mass is 9.82. The molecule has 1 aromatic carbocycles. The molecule has 3 rings (SSSR count). The number of carbonyl (C=O) groups excluding carboxylic acids is 2. The standard InChI is InChI=1S/C20H29N3O3/c1-3-21-20(25)23-11-8-16-12-19(24)22(10-9-17(16)14-23)13-15-4-6-18(26-2)7-5-15/h4-7,16-17H,3,8-14H2,1-2H3,(H,21,25). The zero-order valence-corrected chi connectivity index (χ0v) is 15.7. The maximum absolute atomic E-state index is 12.7. The zero-order chi connectivity index (χ0) is 18.5. The Morgan fingerprint density at radius 3 is 2.62 bits per heavy atom. The van der Waals surface area contributed by atoms with Gasteiger partial charge in [-0.2, -0.15) is 0 Å². The van der Waals surface area contributed by atoms with Crippen LogP contribution < -0.4 is 10.1 Å². The van der Waals surface area contributed by atoms with Crippen molar-refractivity contribution in [3.05, 3.63) is 29.8 Å². The number of methoxy groups -OCH3 is 1. The molecule has 142 valence electrons. The van der Waals surface area contributed by atoms with Crippen LogP contribution in [0.4, 0.5) is 4.79 Å². The van der Waals surface area contributed by atoms with Gasteiger partial charge < -0.3 is 19.9 Å². The van der Waals surface area contributed by atoms with E-state index in [9.17, 15) is 9.59 Å². The highest BCUT2D eigenvalue weighted by atomic mass is 16.5. The molecule has 0 bridgehead atoms. The zero-order valence-electron chi connectivity index (χ0n) is 15.7. The van der Waals surface area contributed by atoms with E-state index in [2.05, 4.69) is 5.32 Å². The van der Waals surface area contributed by atoms with Crippen LogP contribution in [-0.4, -0.2) is 55.0 Å². The van der Waals surface area contributed by atoms with Crippen molar-refractivity contribution in [3.63, 3.8) is 0 Å².